The average molecular weight is 532 g/mol. The van der Waals surface area contributed by atoms with Gasteiger partial charge in [-0.25, -0.2) is 9.97 Å². The van der Waals surface area contributed by atoms with Gasteiger partial charge in [0.15, 0.2) is 0 Å². The van der Waals surface area contributed by atoms with Gasteiger partial charge in [0, 0.05) is 31.7 Å². The molecule has 2 aliphatic rings. The molecule has 1 aromatic carbocycles. The van der Waals surface area contributed by atoms with Gasteiger partial charge in [0.1, 0.15) is 11.5 Å². The molecule has 3 N–H and O–H groups in total. The molecular weight excluding hydrogens is 504 g/mol. The minimum absolute atomic E-state index is 0.0562. The van der Waals surface area contributed by atoms with Crippen LogP contribution >= 0.6 is 0 Å². The molecule has 2 saturated heterocycles. The third-order valence-corrected chi connectivity index (χ3v) is 6.50. The van der Waals surface area contributed by atoms with Crippen molar-refractivity contribution >= 4 is 11.7 Å². The van der Waals surface area contributed by atoms with Crippen molar-refractivity contribution in [2.24, 2.45) is 5.73 Å². The van der Waals surface area contributed by atoms with Crippen LogP contribution in [0.25, 0.3) is 0 Å². The SMILES string of the molecule is NC1CCN(C(=O)c2cc(NC[C@H]3CCC[C@@H](c4ccc(C(F)(F)F)cc4)O3)nc(C(F)(F)F)n2)CC1. The number of anilines is 1. The van der Waals surface area contributed by atoms with Gasteiger partial charge in [-0.05, 0) is 49.8 Å². The van der Waals surface area contributed by atoms with Crippen LogP contribution in [0.3, 0.4) is 0 Å². The van der Waals surface area contributed by atoms with Gasteiger partial charge in [0.05, 0.1) is 17.8 Å². The summed E-state index contributed by atoms with van der Waals surface area (Å²) in [6, 6.07) is 5.86. The molecule has 0 radical (unpaired) electrons. The second kappa shape index (κ2) is 10.8. The van der Waals surface area contributed by atoms with Crippen molar-refractivity contribution in [3.8, 4) is 0 Å². The van der Waals surface area contributed by atoms with Crippen LogP contribution in [0.1, 0.15) is 65.6 Å². The van der Waals surface area contributed by atoms with E-state index in [1.165, 1.54) is 23.1 Å². The number of carbonyl (C=O) groups is 1. The molecule has 2 atom stereocenters. The molecule has 0 unspecified atom stereocenters. The number of nitrogens with one attached hydrogen (secondary N) is 1. The maximum atomic E-state index is 13.5. The largest absolute Gasteiger partial charge is 0.451 e. The summed E-state index contributed by atoms with van der Waals surface area (Å²) in [5, 5.41) is 2.82. The molecule has 0 aliphatic carbocycles. The van der Waals surface area contributed by atoms with Crippen LogP contribution in [-0.2, 0) is 17.1 Å². The van der Waals surface area contributed by atoms with Crippen LogP contribution in [0, 0.1) is 0 Å². The second-order valence-electron chi connectivity index (χ2n) is 9.27. The summed E-state index contributed by atoms with van der Waals surface area (Å²) in [6.45, 7) is 0.752. The van der Waals surface area contributed by atoms with E-state index in [1.54, 1.807) is 0 Å². The molecule has 0 bridgehead atoms. The quantitative estimate of drug-likeness (QED) is 0.539. The molecule has 0 spiro atoms. The van der Waals surface area contributed by atoms with E-state index < -0.39 is 41.9 Å². The lowest BCUT2D eigenvalue weighted by Gasteiger charge is -2.31. The molecule has 1 aromatic heterocycles. The highest BCUT2D eigenvalue weighted by atomic mass is 19.4. The Kier molecular flexibility index (Phi) is 7.93. The van der Waals surface area contributed by atoms with E-state index in [1.807, 2.05) is 0 Å². The van der Waals surface area contributed by atoms with Crippen LogP contribution < -0.4 is 11.1 Å². The summed E-state index contributed by atoms with van der Waals surface area (Å²) >= 11 is 0. The fourth-order valence-corrected chi connectivity index (χ4v) is 4.44. The number of amides is 1. The molecule has 2 fully saturated rings. The van der Waals surface area contributed by atoms with Crippen molar-refractivity contribution < 1.29 is 35.9 Å². The molecule has 3 heterocycles. The van der Waals surface area contributed by atoms with Crippen molar-refractivity contribution in [1.82, 2.24) is 14.9 Å². The second-order valence-corrected chi connectivity index (χ2v) is 9.27. The van der Waals surface area contributed by atoms with Gasteiger partial charge in [-0.1, -0.05) is 12.1 Å². The summed E-state index contributed by atoms with van der Waals surface area (Å²) in [5.74, 6) is -2.22. The fourth-order valence-electron chi connectivity index (χ4n) is 4.44. The van der Waals surface area contributed by atoms with E-state index in [-0.39, 0.29) is 24.1 Å². The van der Waals surface area contributed by atoms with Gasteiger partial charge < -0.3 is 20.7 Å². The highest BCUT2D eigenvalue weighted by Crippen LogP contribution is 2.34. The third kappa shape index (κ3) is 6.89. The number of hydrogen-bond donors (Lipinski definition) is 2. The Bertz CT molecular complexity index is 1080. The maximum Gasteiger partial charge on any atom is 0.451 e. The Labute approximate surface area is 209 Å². The number of nitrogens with two attached hydrogens (primary N) is 1. The van der Waals surface area contributed by atoms with Crippen molar-refractivity contribution in [1.29, 1.82) is 0 Å². The number of ether oxygens (including phenoxy) is 1. The highest BCUT2D eigenvalue weighted by molar-refractivity contribution is 5.93. The molecule has 7 nitrogen and oxygen atoms in total. The van der Waals surface area contributed by atoms with Crippen molar-refractivity contribution in [3.05, 3.63) is 53.0 Å². The number of carbonyl (C=O) groups excluding carboxylic acids is 1. The molecule has 0 saturated carbocycles. The first kappa shape index (κ1) is 27.1. The van der Waals surface area contributed by atoms with Crippen molar-refractivity contribution in [2.75, 3.05) is 25.0 Å². The Hall–Kier alpha value is -2.93. The lowest BCUT2D eigenvalue weighted by Crippen LogP contribution is -2.43. The maximum absolute atomic E-state index is 13.5. The van der Waals surface area contributed by atoms with Crippen LogP contribution in [0.5, 0.6) is 0 Å². The lowest BCUT2D eigenvalue weighted by atomic mass is 9.97. The highest BCUT2D eigenvalue weighted by Gasteiger charge is 2.37. The summed E-state index contributed by atoms with van der Waals surface area (Å²) in [7, 11) is 0. The van der Waals surface area contributed by atoms with E-state index in [0.29, 0.717) is 44.3 Å². The first-order chi connectivity index (χ1) is 17.4. The predicted octanol–water partition coefficient (Wildman–Crippen LogP) is 4.80. The zero-order valence-corrected chi connectivity index (χ0v) is 19.8. The number of hydrogen-bond acceptors (Lipinski definition) is 6. The molecule has 4 rings (SSSR count). The third-order valence-electron chi connectivity index (χ3n) is 6.50. The monoisotopic (exact) mass is 531 g/mol. The van der Waals surface area contributed by atoms with Crippen molar-refractivity contribution in [3.63, 3.8) is 0 Å². The Morgan fingerprint density at radius 3 is 2.30 bits per heavy atom. The molecule has 13 heteroatoms. The first-order valence-corrected chi connectivity index (χ1v) is 12.0. The van der Waals surface area contributed by atoms with Gasteiger partial charge in [-0.15, -0.1) is 0 Å². The van der Waals surface area contributed by atoms with E-state index in [9.17, 15) is 31.1 Å². The van der Waals surface area contributed by atoms with E-state index in [2.05, 4.69) is 15.3 Å². The fraction of sp³-hybridized carbons (Fsp3) is 0.542. The molecule has 2 aromatic rings. The lowest BCUT2D eigenvalue weighted by molar-refractivity contribution is -0.145. The minimum Gasteiger partial charge on any atom is -0.368 e. The Balaban J connectivity index is 1.44. The molecule has 37 heavy (non-hydrogen) atoms. The number of piperidine rings is 1. The van der Waals surface area contributed by atoms with Gasteiger partial charge in [-0.2, -0.15) is 26.3 Å². The van der Waals surface area contributed by atoms with Gasteiger partial charge in [-0.3, -0.25) is 4.79 Å². The van der Waals surface area contributed by atoms with Gasteiger partial charge in [0.2, 0.25) is 5.82 Å². The van der Waals surface area contributed by atoms with Crippen LogP contribution in [0.15, 0.2) is 30.3 Å². The number of rotatable bonds is 5. The Morgan fingerprint density at radius 1 is 1.00 bits per heavy atom. The van der Waals surface area contributed by atoms with Crippen molar-refractivity contribution in [2.45, 2.75) is 62.7 Å². The first-order valence-electron chi connectivity index (χ1n) is 12.0. The number of likely N-dealkylation sites (tertiary alicyclic amines) is 1. The molecule has 2 aliphatic heterocycles. The summed E-state index contributed by atoms with van der Waals surface area (Å²) in [5.41, 5.74) is 5.31. The summed E-state index contributed by atoms with van der Waals surface area (Å²) in [6.07, 6.45) is -7.14. The smallest absolute Gasteiger partial charge is 0.368 e. The van der Waals surface area contributed by atoms with Crippen LogP contribution in [-0.4, -0.2) is 52.6 Å². The molecular formula is C24H27F6N5O2. The normalized spacial score (nSPS) is 21.6. The molecule has 1 amide bonds. The number of halogens is 6. The summed E-state index contributed by atoms with van der Waals surface area (Å²) < 4.78 is 84.9. The van der Waals surface area contributed by atoms with Crippen LogP contribution in [0.4, 0.5) is 32.2 Å². The number of benzene rings is 1. The minimum atomic E-state index is -4.86. The molecule has 202 valence electrons. The number of aromatic nitrogens is 2. The van der Waals surface area contributed by atoms with E-state index >= 15 is 0 Å². The zero-order chi connectivity index (χ0) is 26.8. The van der Waals surface area contributed by atoms with E-state index in [0.717, 1.165) is 18.6 Å². The predicted molar refractivity (Wildman–Crippen MR) is 122 cm³/mol. The zero-order valence-electron chi connectivity index (χ0n) is 19.8. The number of alkyl halides is 6. The van der Waals surface area contributed by atoms with Gasteiger partial charge in [0.25, 0.3) is 5.91 Å². The van der Waals surface area contributed by atoms with Crippen LogP contribution in [0.2, 0.25) is 0 Å². The number of nitrogens with zero attached hydrogens (tertiary/aromatic N) is 3. The van der Waals surface area contributed by atoms with Gasteiger partial charge >= 0.3 is 12.4 Å². The standard InChI is InChI=1S/C24H27F6N5O2/c25-23(26,27)15-6-4-14(5-7-15)19-3-1-2-17(37-19)13-32-20-12-18(33-22(34-20)24(28,29)30)21(36)35-10-8-16(31)9-11-35/h4-7,12,16-17,19H,1-3,8-11,13,31H2,(H,32,33,34)/t17-,19+/m1/s1. The topological polar surface area (TPSA) is 93.4 Å². The Morgan fingerprint density at radius 2 is 1.68 bits per heavy atom. The summed E-state index contributed by atoms with van der Waals surface area (Å²) in [4.78, 5) is 21.3. The average Bonchev–Trinajstić information content (AvgIpc) is 2.86. The van der Waals surface area contributed by atoms with E-state index in [4.69, 9.17) is 10.5 Å².